The topological polar surface area (TPSA) is 70.8 Å². The van der Waals surface area contributed by atoms with Crippen LogP contribution in [0.5, 0.6) is 0 Å². The molecule has 1 amide bonds. The van der Waals surface area contributed by atoms with E-state index in [2.05, 4.69) is 6.92 Å². The van der Waals surface area contributed by atoms with Crippen molar-refractivity contribution < 1.29 is 19.1 Å². The van der Waals surface area contributed by atoms with Crippen molar-refractivity contribution in [3.63, 3.8) is 0 Å². The van der Waals surface area contributed by atoms with E-state index in [0.29, 0.717) is 17.0 Å². The third-order valence-electron chi connectivity index (χ3n) is 6.50. The van der Waals surface area contributed by atoms with Gasteiger partial charge in [-0.3, -0.25) is 14.5 Å². The highest BCUT2D eigenvalue weighted by Gasteiger charge is 2.48. The quantitative estimate of drug-likeness (QED) is 0.346. The van der Waals surface area contributed by atoms with Gasteiger partial charge in [-0.15, -0.1) is 0 Å². The molecule has 3 aromatic rings. The van der Waals surface area contributed by atoms with E-state index in [1.165, 1.54) is 28.7 Å². The fraction of sp³-hybridized carbons (Fsp3) is 0.259. The SMILES string of the molecule is CCc1ccc(N2C(=O)C(=O)/C(=C(\O)c3ccc4c(c3)CCCC4)C2c2ccco2)cc1. The summed E-state index contributed by atoms with van der Waals surface area (Å²) in [7, 11) is 0. The van der Waals surface area contributed by atoms with E-state index in [4.69, 9.17) is 4.42 Å². The molecule has 0 bridgehead atoms. The molecule has 5 heteroatoms. The van der Waals surface area contributed by atoms with Crippen molar-refractivity contribution >= 4 is 23.1 Å². The average Bonchev–Trinajstić information content (AvgIpc) is 3.45. The minimum atomic E-state index is -0.825. The third-order valence-corrected chi connectivity index (χ3v) is 6.50. The van der Waals surface area contributed by atoms with Crippen molar-refractivity contribution in [2.75, 3.05) is 4.90 Å². The molecule has 1 fully saturated rings. The van der Waals surface area contributed by atoms with Crippen molar-refractivity contribution in [3.05, 3.63) is 94.4 Å². The molecule has 5 rings (SSSR count). The smallest absolute Gasteiger partial charge is 0.300 e. The summed E-state index contributed by atoms with van der Waals surface area (Å²) in [5.41, 5.74) is 4.82. The van der Waals surface area contributed by atoms with Gasteiger partial charge in [0.25, 0.3) is 11.7 Å². The number of rotatable bonds is 4. The number of anilines is 1. The summed E-state index contributed by atoms with van der Waals surface area (Å²) in [5.74, 6) is -1.11. The van der Waals surface area contributed by atoms with Crippen LogP contribution in [0.25, 0.3) is 5.76 Å². The first-order valence-corrected chi connectivity index (χ1v) is 11.1. The van der Waals surface area contributed by atoms with Crippen LogP contribution >= 0.6 is 0 Å². The molecule has 2 heterocycles. The van der Waals surface area contributed by atoms with E-state index < -0.39 is 17.7 Å². The summed E-state index contributed by atoms with van der Waals surface area (Å²) in [5, 5.41) is 11.3. The Bertz CT molecular complexity index is 1200. The zero-order valence-electron chi connectivity index (χ0n) is 18.0. The monoisotopic (exact) mass is 427 g/mol. The maximum absolute atomic E-state index is 13.2. The second-order valence-electron chi connectivity index (χ2n) is 8.40. The Kier molecular flexibility index (Phi) is 5.17. The Morgan fingerprint density at radius 1 is 1.03 bits per heavy atom. The van der Waals surface area contributed by atoms with Gasteiger partial charge in [0.1, 0.15) is 17.6 Å². The minimum absolute atomic E-state index is 0.0558. The fourth-order valence-corrected chi connectivity index (χ4v) is 4.74. The molecule has 0 saturated carbocycles. The number of nitrogens with zero attached hydrogens (tertiary/aromatic N) is 1. The molecule has 1 aromatic heterocycles. The number of carbonyl (C=O) groups excluding carboxylic acids is 2. The number of aliphatic hydroxyl groups is 1. The predicted molar refractivity (Wildman–Crippen MR) is 122 cm³/mol. The number of aryl methyl sites for hydroxylation is 3. The molecule has 1 N–H and O–H groups in total. The Labute approximate surface area is 187 Å². The second-order valence-corrected chi connectivity index (χ2v) is 8.40. The summed E-state index contributed by atoms with van der Waals surface area (Å²) in [6.45, 7) is 2.06. The third kappa shape index (κ3) is 3.34. The molecular weight excluding hydrogens is 402 g/mol. The molecule has 1 aliphatic carbocycles. The first-order chi connectivity index (χ1) is 15.6. The molecule has 162 valence electrons. The van der Waals surface area contributed by atoms with E-state index in [-0.39, 0.29) is 11.3 Å². The molecule has 1 atom stereocenters. The maximum Gasteiger partial charge on any atom is 0.300 e. The van der Waals surface area contributed by atoms with Crippen LogP contribution in [0.2, 0.25) is 0 Å². The molecule has 32 heavy (non-hydrogen) atoms. The number of benzene rings is 2. The molecular formula is C27H25NO4. The van der Waals surface area contributed by atoms with Crippen LogP contribution in [0.3, 0.4) is 0 Å². The number of ketones is 1. The van der Waals surface area contributed by atoms with Crippen LogP contribution in [0.4, 0.5) is 5.69 Å². The standard InChI is InChI=1S/C27H25NO4/c1-2-17-9-13-21(14-10-17)28-24(22-8-5-15-32-22)23(26(30)27(28)31)25(29)20-12-11-18-6-3-4-7-19(18)16-20/h5,8-16,24,29H,2-4,6-7H2,1H3/b25-23-. The molecule has 2 aliphatic rings. The highest BCUT2D eigenvalue weighted by Crippen LogP contribution is 2.42. The van der Waals surface area contributed by atoms with Crippen molar-refractivity contribution in [3.8, 4) is 0 Å². The average molecular weight is 428 g/mol. The highest BCUT2D eigenvalue weighted by atomic mass is 16.3. The van der Waals surface area contributed by atoms with Crippen LogP contribution in [0, 0.1) is 0 Å². The summed E-state index contributed by atoms with van der Waals surface area (Å²) in [4.78, 5) is 27.7. The largest absolute Gasteiger partial charge is 0.507 e. The first kappa shape index (κ1) is 20.3. The van der Waals surface area contributed by atoms with Gasteiger partial charge in [0.15, 0.2) is 0 Å². The van der Waals surface area contributed by atoms with E-state index in [0.717, 1.165) is 31.2 Å². The lowest BCUT2D eigenvalue weighted by atomic mass is 9.89. The van der Waals surface area contributed by atoms with Crippen molar-refractivity contribution in [2.45, 2.75) is 45.1 Å². The maximum atomic E-state index is 13.2. The number of furan rings is 1. The van der Waals surface area contributed by atoms with Gasteiger partial charge in [-0.25, -0.2) is 0 Å². The Balaban J connectivity index is 1.65. The summed E-state index contributed by atoms with van der Waals surface area (Å²) < 4.78 is 5.63. The van der Waals surface area contributed by atoms with Crippen LogP contribution in [-0.2, 0) is 28.9 Å². The molecule has 0 spiro atoms. The van der Waals surface area contributed by atoms with Gasteiger partial charge in [0, 0.05) is 11.3 Å². The Morgan fingerprint density at radius 2 is 1.78 bits per heavy atom. The molecule has 1 unspecified atom stereocenters. The lowest BCUT2D eigenvalue weighted by Gasteiger charge is -2.23. The normalized spacial score (nSPS) is 19.9. The van der Waals surface area contributed by atoms with Crippen LogP contribution in [0.15, 0.2) is 70.9 Å². The first-order valence-electron chi connectivity index (χ1n) is 11.1. The molecule has 2 aromatic carbocycles. The van der Waals surface area contributed by atoms with E-state index >= 15 is 0 Å². The number of Topliss-reactive ketones (excluding diaryl/α,β-unsaturated/α-hetero) is 1. The van der Waals surface area contributed by atoms with E-state index in [1.54, 1.807) is 12.1 Å². The predicted octanol–water partition coefficient (Wildman–Crippen LogP) is 5.35. The number of hydrogen-bond acceptors (Lipinski definition) is 4. The van der Waals surface area contributed by atoms with Crippen molar-refractivity contribution in [2.24, 2.45) is 0 Å². The van der Waals surface area contributed by atoms with Gasteiger partial charge in [-0.05, 0) is 79.1 Å². The van der Waals surface area contributed by atoms with E-state index in [1.807, 2.05) is 42.5 Å². The van der Waals surface area contributed by atoms with Gasteiger partial charge < -0.3 is 9.52 Å². The van der Waals surface area contributed by atoms with Gasteiger partial charge in [-0.2, -0.15) is 0 Å². The lowest BCUT2D eigenvalue weighted by Crippen LogP contribution is -2.29. The van der Waals surface area contributed by atoms with Crippen molar-refractivity contribution in [1.82, 2.24) is 0 Å². The van der Waals surface area contributed by atoms with Gasteiger partial charge >= 0.3 is 0 Å². The zero-order chi connectivity index (χ0) is 22.2. The minimum Gasteiger partial charge on any atom is -0.507 e. The van der Waals surface area contributed by atoms with Crippen molar-refractivity contribution in [1.29, 1.82) is 0 Å². The molecule has 1 saturated heterocycles. The van der Waals surface area contributed by atoms with Crippen LogP contribution < -0.4 is 4.90 Å². The number of hydrogen-bond donors (Lipinski definition) is 1. The fourth-order valence-electron chi connectivity index (χ4n) is 4.74. The molecule has 5 nitrogen and oxygen atoms in total. The molecule has 1 aliphatic heterocycles. The van der Waals surface area contributed by atoms with Crippen LogP contribution in [-0.4, -0.2) is 16.8 Å². The van der Waals surface area contributed by atoms with Crippen LogP contribution in [0.1, 0.15) is 53.8 Å². The number of fused-ring (bicyclic) bond motifs is 1. The van der Waals surface area contributed by atoms with Gasteiger partial charge in [0.05, 0.1) is 11.8 Å². The Morgan fingerprint density at radius 3 is 2.47 bits per heavy atom. The van der Waals surface area contributed by atoms with E-state index in [9.17, 15) is 14.7 Å². The Hall–Kier alpha value is -3.60. The summed E-state index contributed by atoms with van der Waals surface area (Å²) in [6, 6.07) is 16.0. The second kappa shape index (κ2) is 8.15. The highest BCUT2D eigenvalue weighted by molar-refractivity contribution is 6.51. The number of aliphatic hydroxyl groups excluding tert-OH is 1. The summed E-state index contributed by atoms with van der Waals surface area (Å²) >= 11 is 0. The number of amides is 1. The van der Waals surface area contributed by atoms with Gasteiger partial charge in [0.2, 0.25) is 0 Å². The number of carbonyl (C=O) groups is 2. The zero-order valence-corrected chi connectivity index (χ0v) is 18.0. The van der Waals surface area contributed by atoms with Gasteiger partial charge in [-0.1, -0.05) is 31.2 Å². The summed E-state index contributed by atoms with van der Waals surface area (Å²) in [6.07, 6.45) is 6.64. The molecule has 0 radical (unpaired) electrons. The lowest BCUT2D eigenvalue weighted by molar-refractivity contribution is -0.132.